The Hall–Kier alpha value is -2.12. The average molecular weight is 282 g/mol. The second kappa shape index (κ2) is 5.71. The van der Waals surface area contributed by atoms with Gasteiger partial charge in [0.05, 0.1) is 17.7 Å². The van der Waals surface area contributed by atoms with Crippen molar-refractivity contribution in [3.05, 3.63) is 41.0 Å². The SMILES string of the molecule is N#Cc1ccc(N2C(=O)C(CCO)=C3CCCCC32)cc1. The van der Waals surface area contributed by atoms with Crippen LogP contribution < -0.4 is 4.90 Å². The number of hydrogen-bond acceptors (Lipinski definition) is 3. The molecule has 1 atom stereocenters. The lowest BCUT2D eigenvalue weighted by molar-refractivity contribution is -0.115. The Bertz CT molecular complexity index is 625. The molecule has 1 heterocycles. The van der Waals surface area contributed by atoms with Gasteiger partial charge < -0.3 is 10.0 Å². The summed E-state index contributed by atoms with van der Waals surface area (Å²) in [5.74, 6) is 0.0238. The lowest BCUT2D eigenvalue weighted by atomic mass is 9.88. The molecule has 108 valence electrons. The molecule has 1 aromatic carbocycles. The number of carbonyl (C=O) groups is 1. The number of hydrogen-bond donors (Lipinski definition) is 1. The predicted octanol–water partition coefficient (Wildman–Crippen LogP) is 2.53. The Balaban J connectivity index is 1.96. The molecule has 1 fully saturated rings. The van der Waals surface area contributed by atoms with Crippen molar-refractivity contribution < 1.29 is 9.90 Å². The summed E-state index contributed by atoms with van der Waals surface area (Å²) in [4.78, 5) is 14.6. The molecule has 0 bridgehead atoms. The van der Waals surface area contributed by atoms with Gasteiger partial charge in [0.25, 0.3) is 5.91 Å². The minimum atomic E-state index is 0.0124. The Labute approximate surface area is 124 Å². The maximum atomic E-state index is 12.7. The van der Waals surface area contributed by atoms with E-state index in [-0.39, 0.29) is 18.6 Å². The largest absolute Gasteiger partial charge is 0.396 e. The van der Waals surface area contributed by atoms with Crippen molar-refractivity contribution in [3.63, 3.8) is 0 Å². The maximum absolute atomic E-state index is 12.7. The van der Waals surface area contributed by atoms with Crippen molar-refractivity contribution in [1.29, 1.82) is 5.26 Å². The van der Waals surface area contributed by atoms with E-state index in [1.807, 2.05) is 17.0 Å². The molecular formula is C17H18N2O2. The van der Waals surface area contributed by atoms with Gasteiger partial charge in [-0.1, -0.05) is 6.42 Å². The first kappa shape index (κ1) is 13.8. The third-order valence-electron chi connectivity index (χ3n) is 4.39. The molecule has 0 radical (unpaired) electrons. The van der Waals surface area contributed by atoms with Crippen molar-refractivity contribution in [3.8, 4) is 6.07 Å². The molecule has 2 aliphatic rings. The van der Waals surface area contributed by atoms with Gasteiger partial charge in [-0.05, 0) is 49.1 Å². The molecule has 3 rings (SSSR count). The number of nitrogens with zero attached hydrogens (tertiary/aromatic N) is 2. The zero-order valence-corrected chi connectivity index (χ0v) is 11.9. The van der Waals surface area contributed by atoms with Crippen LogP contribution in [0.5, 0.6) is 0 Å². The highest BCUT2D eigenvalue weighted by Crippen LogP contribution is 2.40. The van der Waals surface area contributed by atoms with Gasteiger partial charge in [0.15, 0.2) is 0 Å². The Morgan fingerprint density at radius 2 is 2.05 bits per heavy atom. The summed E-state index contributed by atoms with van der Waals surface area (Å²) in [6.07, 6.45) is 4.63. The molecule has 0 saturated heterocycles. The van der Waals surface area contributed by atoms with Crippen LogP contribution in [0.15, 0.2) is 35.4 Å². The van der Waals surface area contributed by atoms with Crippen molar-refractivity contribution in [2.24, 2.45) is 0 Å². The van der Waals surface area contributed by atoms with Crippen LogP contribution >= 0.6 is 0 Å². The van der Waals surface area contributed by atoms with Gasteiger partial charge >= 0.3 is 0 Å². The highest BCUT2D eigenvalue weighted by Gasteiger charge is 2.40. The highest BCUT2D eigenvalue weighted by molar-refractivity contribution is 6.10. The number of fused-ring (bicyclic) bond motifs is 1. The highest BCUT2D eigenvalue weighted by atomic mass is 16.3. The number of rotatable bonds is 3. The molecule has 21 heavy (non-hydrogen) atoms. The summed E-state index contributed by atoms with van der Waals surface area (Å²) in [6.45, 7) is 0.0124. The van der Waals surface area contributed by atoms with E-state index in [2.05, 4.69) is 6.07 Å². The molecule has 1 aliphatic heterocycles. The van der Waals surface area contributed by atoms with E-state index in [0.29, 0.717) is 12.0 Å². The minimum Gasteiger partial charge on any atom is -0.396 e. The first-order chi connectivity index (χ1) is 10.3. The van der Waals surface area contributed by atoms with Gasteiger partial charge in [0.2, 0.25) is 0 Å². The second-order valence-corrected chi connectivity index (χ2v) is 5.57. The molecule has 0 spiro atoms. The first-order valence-corrected chi connectivity index (χ1v) is 7.42. The Morgan fingerprint density at radius 3 is 2.71 bits per heavy atom. The summed E-state index contributed by atoms with van der Waals surface area (Å²) in [6, 6.07) is 9.40. The molecule has 1 aliphatic carbocycles. The van der Waals surface area contributed by atoms with E-state index in [0.717, 1.165) is 36.9 Å². The quantitative estimate of drug-likeness (QED) is 0.926. The van der Waals surface area contributed by atoms with Crippen molar-refractivity contribution in [2.45, 2.75) is 38.1 Å². The van der Waals surface area contributed by atoms with Gasteiger partial charge in [0.1, 0.15) is 0 Å². The van der Waals surface area contributed by atoms with E-state index < -0.39 is 0 Å². The number of aliphatic hydroxyl groups excluding tert-OH is 1. The minimum absolute atomic E-state index is 0.0124. The van der Waals surface area contributed by atoms with Gasteiger partial charge in [-0.15, -0.1) is 0 Å². The molecular weight excluding hydrogens is 264 g/mol. The van der Waals surface area contributed by atoms with E-state index in [1.165, 1.54) is 5.57 Å². The van der Waals surface area contributed by atoms with Gasteiger partial charge in [-0.2, -0.15) is 5.26 Å². The monoisotopic (exact) mass is 282 g/mol. The maximum Gasteiger partial charge on any atom is 0.254 e. The molecule has 0 aromatic heterocycles. The smallest absolute Gasteiger partial charge is 0.254 e. The second-order valence-electron chi connectivity index (χ2n) is 5.57. The Morgan fingerprint density at radius 1 is 1.29 bits per heavy atom. The van der Waals surface area contributed by atoms with Gasteiger partial charge in [0, 0.05) is 24.3 Å². The third kappa shape index (κ3) is 2.34. The molecule has 1 saturated carbocycles. The molecule has 1 aromatic rings. The molecule has 1 N–H and O–H groups in total. The fraction of sp³-hybridized carbons (Fsp3) is 0.412. The summed E-state index contributed by atoms with van der Waals surface area (Å²) in [5.41, 5.74) is 3.45. The number of amides is 1. The fourth-order valence-electron chi connectivity index (χ4n) is 3.43. The summed E-state index contributed by atoms with van der Waals surface area (Å²) < 4.78 is 0. The van der Waals surface area contributed by atoms with Crippen LogP contribution in [0.2, 0.25) is 0 Å². The van der Waals surface area contributed by atoms with Crippen molar-refractivity contribution >= 4 is 11.6 Å². The van der Waals surface area contributed by atoms with E-state index in [9.17, 15) is 9.90 Å². The molecule has 1 unspecified atom stereocenters. The summed E-state index contributed by atoms with van der Waals surface area (Å²) >= 11 is 0. The number of carbonyl (C=O) groups excluding carboxylic acids is 1. The molecule has 4 heteroatoms. The first-order valence-electron chi connectivity index (χ1n) is 7.42. The van der Waals surface area contributed by atoms with Crippen LogP contribution in [0.4, 0.5) is 5.69 Å². The molecule has 4 nitrogen and oxygen atoms in total. The van der Waals surface area contributed by atoms with E-state index in [1.54, 1.807) is 12.1 Å². The lowest BCUT2D eigenvalue weighted by Crippen LogP contribution is -2.36. The Kier molecular flexibility index (Phi) is 3.76. The van der Waals surface area contributed by atoms with Crippen molar-refractivity contribution in [1.82, 2.24) is 0 Å². The van der Waals surface area contributed by atoms with E-state index in [4.69, 9.17) is 5.26 Å². The predicted molar refractivity (Wildman–Crippen MR) is 79.6 cm³/mol. The zero-order chi connectivity index (χ0) is 14.8. The number of benzene rings is 1. The average Bonchev–Trinajstić information content (AvgIpc) is 2.81. The van der Waals surface area contributed by atoms with Gasteiger partial charge in [-0.25, -0.2) is 0 Å². The topological polar surface area (TPSA) is 64.3 Å². The molecule has 1 amide bonds. The zero-order valence-electron chi connectivity index (χ0n) is 11.9. The van der Waals surface area contributed by atoms with Crippen LogP contribution in [-0.2, 0) is 4.79 Å². The van der Waals surface area contributed by atoms with Crippen LogP contribution in [0.3, 0.4) is 0 Å². The lowest BCUT2D eigenvalue weighted by Gasteiger charge is -2.30. The standard InChI is InChI=1S/C17H18N2O2/c18-11-12-5-7-13(8-6-12)19-16-4-2-1-3-14(16)15(9-10-20)17(19)21/h5-8,16,20H,1-4,9-10H2. The fourth-order valence-corrected chi connectivity index (χ4v) is 3.43. The van der Waals surface area contributed by atoms with Crippen LogP contribution in [0.25, 0.3) is 0 Å². The van der Waals surface area contributed by atoms with E-state index >= 15 is 0 Å². The van der Waals surface area contributed by atoms with Crippen LogP contribution in [-0.4, -0.2) is 23.7 Å². The normalized spacial score (nSPS) is 21.4. The third-order valence-corrected chi connectivity index (χ3v) is 4.39. The summed E-state index contributed by atoms with van der Waals surface area (Å²) in [5, 5.41) is 18.1. The van der Waals surface area contributed by atoms with Crippen LogP contribution in [0.1, 0.15) is 37.7 Å². The van der Waals surface area contributed by atoms with Crippen LogP contribution in [0, 0.1) is 11.3 Å². The van der Waals surface area contributed by atoms with Crippen molar-refractivity contribution in [2.75, 3.05) is 11.5 Å². The van der Waals surface area contributed by atoms with Gasteiger partial charge in [-0.3, -0.25) is 4.79 Å². The summed E-state index contributed by atoms with van der Waals surface area (Å²) in [7, 11) is 0. The number of nitriles is 1. The number of anilines is 1. The number of aliphatic hydroxyl groups is 1.